The third-order valence-corrected chi connectivity index (χ3v) is 5.57. The Morgan fingerprint density at radius 3 is 2.46 bits per heavy atom. The summed E-state index contributed by atoms with van der Waals surface area (Å²) >= 11 is 1.43. The summed E-state index contributed by atoms with van der Waals surface area (Å²) in [6.07, 6.45) is 2.12. The molecule has 142 valence electrons. The molecule has 0 spiro atoms. The number of carbonyl (C=O) groups excluding carboxylic acids is 1. The van der Waals surface area contributed by atoms with E-state index < -0.39 is 0 Å². The van der Waals surface area contributed by atoms with Crippen LogP contribution in [0, 0.1) is 11.3 Å². The minimum atomic E-state index is -0.330. The average molecular weight is 391 g/mol. The zero-order valence-corrected chi connectivity index (χ0v) is 16.8. The van der Waals surface area contributed by atoms with Crippen molar-refractivity contribution >= 4 is 23.4 Å². The Labute approximate surface area is 169 Å². The largest absolute Gasteiger partial charge is 0.322 e. The maximum atomic E-state index is 13.1. The van der Waals surface area contributed by atoms with Crippen LogP contribution in [0.15, 0.2) is 72.0 Å². The molecule has 1 unspecified atom stereocenters. The maximum absolute atomic E-state index is 13.1. The third kappa shape index (κ3) is 4.44. The minimum Gasteiger partial charge on any atom is -0.322 e. The Balaban J connectivity index is 1.78. The van der Waals surface area contributed by atoms with Gasteiger partial charge >= 0.3 is 0 Å². The summed E-state index contributed by atoms with van der Waals surface area (Å²) < 4.78 is 2.01. The number of anilines is 1. The molecule has 0 radical (unpaired) electrons. The number of amides is 1. The lowest BCUT2D eigenvalue weighted by molar-refractivity contribution is -0.117. The van der Waals surface area contributed by atoms with Crippen molar-refractivity contribution in [1.82, 2.24) is 9.55 Å². The number of para-hydroxylation sites is 1. The molecule has 1 aromatic heterocycles. The average Bonchev–Trinajstić information content (AvgIpc) is 3.09. The van der Waals surface area contributed by atoms with Gasteiger partial charge in [0.05, 0.1) is 29.6 Å². The number of aromatic nitrogens is 2. The summed E-state index contributed by atoms with van der Waals surface area (Å²) in [6, 6.07) is 21.7. The Kier molecular flexibility index (Phi) is 6.51. The molecule has 0 fully saturated rings. The van der Waals surface area contributed by atoms with E-state index in [2.05, 4.69) is 11.1 Å². The first-order valence-electron chi connectivity index (χ1n) is 9.09. The van der Waals surface area contributed by atoms with E-state index in [4.69, 9.17) is 5.26 Å². The molecule has 1 amide bonds. The summed E-state index contributed by atoms with van der Waals surface area (Å²) in [5.41, 5.74) is 2.90. The van der Waals surface area contributed by atoms with Crippen LogP contribution in [0.4, 0.5) is 5.69 Å². The molecular formula is C22H22N4OS. The molecule has 6 heteroatoms. The number of nitrogens with zero attached hydrogens (tertiary/aromatic N) is 4. The summed E-state index contributed by atoms with van der Waals surface area (Å²) in [5.74, 6) is -0.0317. The monoisotopic (exact) mass is 390 g/mol. The number of benzene rings is 2. The van der Waals surface area contributed by atoms with Crippen LogP contribution in [-0.2, 0) is 11.8 Å². The number of carbonyl (C=O) groups is 1. The number of nitriles is 1. The van der Waals surface area contributed by atoms with Gasteiger partial charge in [0.15, 0.2) is 5.16 Å². The second-order valence-corrected chi connectivity index (χ2v) is 7.65. The van der Waals surface area contributed by atoms with E-state index in [0.29, 0.717) is 13.0 Å². The lowest BCUT2D eigenvalue weighted by Crippen LogP contribution is -2.37. The van der Waals surface area contributed by atoms with Gasteiger partial charge in [-0.3, -0.25) is 4.79 Å². The van der Waals surface area contributed by atoms with E-state index in [1.165, 1.54) is 11.8 Å². The topological polar surface area (TPSA) is 61.9 Å². The van der Waals surface area contributed by atoms with Crippen LogP contribution in [0.1, 0.15) is 13.3 Å². The van der Waals surface area contributed by atoms with Gasteiger partial charge in [0.1, 0.15) is 0 Å². The maximum Gasteiger partial charge on any atom is 0.240 e. The fourth-order valence-electron chi connectivity index (χ4n) is 2.94. The second-order valence-electron chi connectivity index (χ2n) is 6.34. The minimum absolute atomic E-state index is 0.0317. The van der Waals surface area contributed by atoms with Crippen molar-refractivity contribution < 1.29 is 4.79 Å². The van der Waals surface area contributed by atoms with Crippen molar-refractivity contribution in [2.45, 2.75) is 23.8 Å². The highest BCUT2D eigenvalue weighted by atomic mass is 32.2. The van der Waals surface area contributed by atoms with Gasteiger partial charge in [0, 0.05) is 19.3 Å². The van der Waals surface area contributed by atoms with Crippen molar-refractivity contribution in [3.8, 4) is 17.3 Å². The Bertz CT molecular complexity index is 963. The van der Waals surface area contributed by atoms with E-state index in [1.54, 1.807) is 4.90 Å². The molecule has 2 aromatic carbocycles. The van der Waals surface area contributed by atoms with Crippen LogP contribution in [0.2, 0.25) is 0 Å². The molecule has 0 aliphatic heterocycles. The lowest BCUT2D eigenvalue weighted by atomic mass is 10.2. The second kappa shape index (κ2) is 9.25. The highest BCUT2D eigenvalue weighted by Gasteiger charge is 2.24. The molecule has 5 nitrogen and oxygen atoms in total. The normalized spacial score (nSPS) is 11.6. The standard InChI is InChI=1S/C22H22N4OS/c1-17(21(27)26(15-9-14-23)19-12-7-4-8-13-19)28-22-24-16-20(25(22)2)18-10-5-3-6-11-18/h3-8,10-13,16-17H,9,15H2,1-2H3. The fourth-order valence-corrected chi connectivity index (χ4v) is 3.86. The predicted molar refractivity (Wildman–Crippen MR) is 113 cm³/mol. The number of hydrogen-bond acceptors (Lipinski definition) is 4. The summed E-state index contributed by atoms with van der Waals surface area (Å²) in [4.78, 5) is 19.3. The molecule has 0 saturated carbocycles. The van der Waals surface area contributed by atoms with E-state index in [1.807, 2.05) is 85.4 Å². The molecular weight excluding hydrogens is 368 g/mol. The summed E-state index contributed by atoms with van der Waals surface area (Å²) in [7, 11) is 1.96. The molecule has 1 atom stereocenters. The van der Waals surface area contributed by atoms with Crippen molar-refractivity contribution in [3.05, 3.63) is 66.9 Å². The van der Waals surface area contributed by atoms with E-state index in [-0.39, 0.29) is 11.2 Å². The van der Waals surface area contributed by atoms with Gasteiger partial charge in [0.25, 0.3) is 0 Å². The van der Waals surface area contributed by atoms with Gasteiger partial charge in [-0.2, -0.15) is 5.26 Å². The SMILES string of the molecule is CC(Sc1ncc(-c2ccccc2)n1C)C(=O)N(CCC#N)c1ccccc1. The lowest BCUT2D eigenvalue weighted by Gasteiger charge is -2.24. The van der Waals surface area contributed by atoms with Crippen molar-refractivity contribution in [1.29, 1.82) is 5.26 Å². The van der Waals surface area contributed by atoms with Crippen LogP contribution in [0.25, 0.3) is 11.3 Å². The predicted octanol–water partition coefficient (Wildman–Crippen LogP) is 4.51. The van der Waals surface area contributed by atoms with E-state index >= 15 is 0 Å². The first-order valence-corrected chi connectivity index (χ1v) is 9.97. The van der Waals surface area contributed by atoms with Crippen LogP contribution in [-0.4, -0.2) is 27.3 Å². The van der Waals surface area contributed by atoms with Gasteiger partial charge in [-0.05, 0) is 24.6 Å². The summed E-state index contributed by atoms with van der Waals surface area (Å²) in [5, 5.41) is 9.41. The molecule has 0 aliphatic carbocycles. The first kappa shape index (κ1) is 19.7. The Hall–Kier alpha value is -3.04. The Morgan fingerprint density at radius 1 is 1.18 bits per heavy atom. The highest BCUT2D eigenvalue weighted by Crippen LogP contribution is 2.29. The van der Waals surface area contributed by atoms with Crippen LogP contribution < -0.4 is 4.90 Å². The van der Waals surface area contributed by atoms with Crippen molar-refractivity contribution in [2.75, 3.05) is 11.4 Å². The molecule has 3 rings (SSSR count). The van der Waals surface area contributed by atoms with E-state index in [9.17, 15) is 4.79 Å². The number of thioether (sulfide) groups is 1. The molecule has 3 aromatic rings. The van der Waals surface area contributed by atoms with Crippen molar-refractivity contribution in [2.24, 2.45) is 7.05 Å². The fraction of sp³-hybridized carbons (Fsp3) is 0.227. The molecule has 1 heterocycles. The van der Waals surface area contributed by atoms with Gasteiger partial charge in [-0.1, -0.05) is 60.3 Å². The third-order valence-electron chi connectivity index (χ3n) is 4.43. The summed E-state index contributed by atoms with van der Waals surface area (Å²) in [6.45, 7) is 2.26. The number of imidazole rings is 1. The van der Waals surface area contributed by atoms with Gasteiger partial charge in [-0.25, -0.2) is 4.98 Å². The zero-order valence-electron chi connectivity index (χ0n) is 15.9. The van der Waals surface area contributed by atoms with Gasteiger partial charge < -0.3 is 9.47 Å². The van der Waals surface area contributed by atoms with E-state index in [0.717, 1.165) is 22.1 Å². The van der Waals surface area contributed by atoms with Crippen LogP contribution in [0.5, 0.6) is 0 Å². The van der Waals surface area contributed by atoms with Crippen LogP contribution in [0.3, 0.4) is 0 Å². The quantitative estimate of drug-likeness (QED) is 0.557. The number of hydrogen-bond donors (Lipinski definition) is 0. The molecule has 0 bridgehead atoms. The molecule has 0 aliphatic rings. The van der Waals surface area contributed by atoms with Crippen LogP contribution >= 0.6 is 11.8 Å². The van der Waals surface area contributed by atoms with Crippen molar-refractivity contribution in [3.63, 3.8) is 0 Å². The smallest absolute Gasteiger partial charge is 0.240 e. The zero-order chi connectivity index (χ0) is 19.9. The highest BCUT2D eigenvalue weighted by molar-refractivity contribution is 8.00. The first-order chi connectivity index (χ1) is 13.6. The molecule has 28 heavy (non-hydrogen) atoms. The van der Waals surface area contributed by atoms with Gasteiger partial charge in [0.2, 0.25) is 5.91 Å². The molecule has 0 saturated heterocycles. The van der Waals surface area contributed by atoms with Gasteiger partial charge in [-0.15, -0.1) is 0 Å². The number of rotatable bonds is 7. The molecule has 0 N–H and O–H groups in total. The Morgan fingerprint density at radius 2 is 1.82 bits per heavy atom.